The van der Waals surface area contributed by atoms with Gasteiger partial charge in [0.25, 0.3) is 0 Å². The van der Waals surface area contributed by atoms with Crippen molar-refractivity contribution in [2.45, 2.75) is 25.4 Å². The van der Waals surface area contributed by atoms with Crippen LogP contribution in [-0.4, -0.2) is 19.3 Å². The van der Waals surface area contributed by atoms with Crippen LogP contribution in [0.5, 0.6) is 11.5 Å². The van der Waals surface area contributed by atoms with Crippen LogP contribution >= 0.6 is 0 Å². The van der Waals surface area contributed by atoms with E-state index in [0.717, 1.165) is 30.8 Å². The average molecular weight is 359 g/mol. The second-order valence-corrected chi connectivity index (χ2v) is 6.88. The Morgan fingerprint density at radius 2 is 1.59 bits per heavy atom. The predicted octanol–water partition coefficient (Wildman–Crippen LogP) is 4.82. The maximum absolute atomic E-state index is 6.17. The lowest BCUT2D eigenvalue weighted by molar-refractivity contribution is 0.155. The molecule has 3 heteroatoms. The van der Waals surface area contributed by atoms with Gasteiger partial charge in [-0.2, -0.15) is 0 Å². The molecule has 3 aromatic carbocycles. The number of nitrogens with two attached hydrogens (primary N) is 1. The van der Waals surface area contributed by atoms with Crippen LogP contribution in [0.4, 0.5) is 0 Å². The summed E-state index contributed by atoms with van der Waals surface area (Å²) in [7, 11) is 0. The molecular weight excluding hydrogens is 334 g/mol. The van der Waals surface area contributed by atoms with Crippen molar-refractivity contribution in [1.29, 1.82) is 0 Å². The van der Waals surface area contributed by atoms with Gasteiger partial charge in [0.15, 0.2) is 0 Å². The van der Waals surface area contributed by atoms with E-state index in [1.807, 2.05) is 30.3 Å². The summed E-state index contributed by atoms with van der Waals surface area (Å²) < 4.78 is 12.2. The van der Waals surface area contributed by atoms with Gasteiger partial charge in [-0.1, -0.05) is 54.6 Å². The molecular formula is C24H25NO2. The normalized spacial score (nSPS) is 12.9. The molecule has 0 aliphatic heterocycles. The van der Waals surface area contributed by atoms with Gasteiger partial charge in [-0.3, -0.25) is 0 Å². The predicted molar refractivity (Wildman–Crippen MR) is 109 cm³/mol. The molecule has 0 spiro atoms. The Morgan fingerprint density at radius 1 is 0.815 bits per heavy atom. The third-order valence-corrected chi connectivity index (χ3v) is 5.04. The molecule has 2 N–H and O–H groups in total. The zero-order chi connectivity index (χ0) is 18.5. The van der Waals surface area contributed by atoms with Crippen molar-refractivity contribution >= 4 is 0 Å². The molecule has 1 aliphatic rings. The quantitative estimate of drug-likeness (QED) is 0.490. The van der Waals surface area contributed by atoms with E-state index < -0.39 is 0 Å². The number of ether oxygens (including phenoxy) is 2. The Kier molecular flexibility index (Phi) is 5.40. The van der Waals surface area contributed by atoms with Crippen molar-refractivity contribution in [3.8, 4) is 22.6 Å². The third-order valence-electron chi connectivity index (χ3n) is 5.04. The summed E-state index contributed by atoms with van der Waals surface area (Å²) in [6.07, 6.45) is 2.62. The lowest BCUT2D eigenvalue weighted by Crippen LogP contribution is -2.23. The summed E-state index contributed by atoms with van der Waals surface area (Å²) in [4.78, 5) is 0. The molecule has 3 nitrogen and oxygen atoms in total. The van der Waals surface area contributed by atoms with Crippen LogP contribution in [-0.2, 0) is 6.42 Å². The molecule has 138 valence electrons. The Morgan fingerprint density at radius 3 is 2.44 bits per heavy atom. The van der Waals surface area contributed by atoms with Crippen LogP contribution in [0.25, 0.3) is 11.1 Å². The van der Waals surface area contributed by atoms with E-state index in [2.05, 4.69) is 42.5 Å². The minimum Gasteiger partial charge on any atom is -0.493 e. The number of fused-ring (bicyclic) bond motifs is 3. The summed E-state index contributed by atoms with van der Waals surface area (Å²) in [6, 6.07) is 24.8. The van der Waals surface area contributed by atoms with Crippen molar-refractivity contribution in [2.24, 2.45) is 5.73 Å². The highest BCUT2D eigenvalue weighted by Gasteiger charge is 2.21. The topological polar surface area (TPSA) is 44.5 Å². The van der Waals surface area contributed by atoms with E-state index in [-0.39, 0.29) is 6.10 Å². The van der Waals surface area contributed by atoms with Gasteiger partial charge in [-0.15, -0.1) is 0 Å². The molecule has 1 unspecified atom stereocenters. The third kappa shape index (κ3) is 3.99. The van der Waals surface area contributed by atoms with Crippen molar-refractivity contribution in [2.75, 3.05) is 13.2 Å². The molecule has 0 aromatic heterocycles. The zero-order valence-electron chi connectivity index (χ0n) is 15.4. The summed E-state index contributed by atoms with van der Waals surface area (Å²) >= 11 is 0. The van der Waals surface area contributed by atoms with E-state index in [1.54, 1.807) is 0 Å². The van der Waals surface area contributed by atoms with Crippen LogP contribution in [0, 0.1) is 0 Å². The molecule has 0 radical (unpaired) electrons. The fourth-order valence-corrected chi connectivity index (χ4v) is 3.70. The lowest BCUT2D eigenvalue weighted by Gasteiger charge is -2.19. The Hall–Kier alpha value is -2.78. The molecule has 0 heterocycles. The fraction of sp³-hybridized carbons (Fsp3) is 0.250. The van der Waals surface area contributed by atoms with E-state index in [4.69, 9.17) is 15.2 Å². The average Bonchev–Trinajstić information content (AvgIpc) is 3.09. The minimum absolute atomic E-state index is 0.0614. The fourth-order valence-electron chi connectivity index (χ4n) is 3.70. The van der Waals surface area contributed by atoms with Gasteiger partial charge < -0.3 is 15.2 Å². The largest absolute Gasteiger partial charge is 0.493 e. The standard InChI is InChI=1S/C24H25NO2/c25-15-13-20(27-19-8-2-1-3-9-19)14-16-26-24-12-6-11-22-21-10-5-4-7-18(21)17-23(22)24/h1-12,20H,13-17,25H2. The van der Waals surface area contributed by atoms with Crippen molar-refractivity contribution in [1.82, 2.24) is 0 Å². The molecule has 0 bridgehead atoms. The summed E-state index contributed by atoms with van der Waals surface area (Å²) in [5, 5.41) is 0. The molecule has 1 atom stereocenters. The highest BCUT2D eigenvalue weighted by atomic mass is 16.5. The van der Waals surface area contributed by atoms with E-state index in [9.17, 15) is 0 Å². The van der Waals surface area contributed by atoms with Crippen molar-refractivity contribution in [3.05, 3.63) is 83.9 Å². The smallest absolute Gasteiger partial charge is 0.123 e. The molecule has 27 heavy (non-hydrogen) atoms. The molecule has 4 rings (SSSR count). The first-order valence-electron chi connectivity index (χ1n) is 9.60. The van der Waals surface area contributed by atoms with Gasteiger partial charge in [0.2, 0.25) is 0 Å². The first-order chi connectivity index (χ1) is 13.3. The minimum atomic E-state index is 0.0614. The molecule has 3 aromatic rings. The first kappa shape index (κ1) is 17.6. The lowest BCUT2D eigenvalue weighted by atomic mass is 10.1. The number of hydrogen-bond donors (Lipinski definition) is 1. The second kappa shape index (κ2) is 8.28. The molecule has 1 aliphatic carbocycles. The van der Waals surface area contributed by atoms with Crippen LogP contribution in [0.1, 0.15) is 24.0 Å². The van der Waals surface area contributed by atoms with Gasteiger partial charge in [0.05, 0.1) is 6.61 Å². The Balaban J connectivity index is 1.40. The number of rotatable bonds is 8. The SMILES string of the molecule is NCCC(CCOc1cccc2c1Cc1ccccc1-2)Oc1ccccc1. The van der Waals surface area contributed by atoms with Crippen molar-refractivity contribution < 1.29 is 9.47 Å². The van der Waals surface area contributed by atoms with Gasteiger partial charge in [-0.25, -0.2) is 0 Å². The van der Waals surface area contributed by atoms with E-state index in [1.165, 1.54) is 22.3 Å². The summed E-state index contributed by atoms with van der Waals surface area (Å²) in [6.45, 7) is 1.22. The number of hydrogen-bond acceptors (Lipinski definition) is 3. The maximum Gasteiger partial charge on any atom is 0.123 e. The van der Waals surface area contributed by atoms with Gasteiger partial charge >= 0.3 is 0 Å². The highest BCUT2D eigenvalue weighted by Crippen LogP contribution is 2.40. The molecule has 0 saturated carbocycles. The molecule has 0 fully saturated rings. The molecule has 0 saturated heterocycles. The van der Waals surface area contributed by atoms with Crippen LogP contribution < -0.4 is 15.2 Å². The Labute approximate surface area is 160 Å². The second-order valence-electron chi connectivity index (χ2n) is 6.88. The first-order valence-corrected chi connectivity index (χ1v) is 9.60. The number of para-hydroxylation sites is 1. The maximum atomic E-state index is 6.17. The van der Waals surface area contributed by atoms with Gasteiger partial charge in [0, 0.05) is 18.4 Å². The Bertz CT molecular complexity index is 892. The summed E-state index contributed by atoms with van der Waals surface area (Å²) in [5.74, 6) is 1.86. The monoisotopic (exact) mass is 359 g/mol. The number of benzene rings is 3. The van der Waals surface area contributed by atoms with E-state index in [0.29, 0.717) is 13.2 Å². The highest BCUT2D eigenvalue weighted by molar-refractivity contribution is 5.78. The van der Waals surface area contributed by atoms with Crippen LogP contribution in [0.3, 0.4) is 0 Å². The molecule has 0 amide bonds. The summed E-state index contributed by atoms with van der Waals surface area (Å²) in [5.41, 5.74) is 11.0. The zero-order valence-corrected chi connectivity index (χ0v) is 15.4. The van der Waals surface area contributed by atoms with Crippen LogP contribution in [0.15, 0.2) is 72.8 Å². The van der Waals surface area contributed by atoms with Crippen LogP contribution in [0.2, 0.25) is 0 Å². The van der Waals surface area contributed by atoms with E-state index >= 15 is 0 Å². The van der Waals surface area contributed by atoms with Gasteiger partial charge in [0.1, 0.15) is 17.6 Å². The van der Waals surface area contributed by atoms with Crippen molar-refractivity contribution in [3.63, 3.8) is 0 Å². The van der Waals surface area contributed by atoms with Gasteiger partial charge in [-0.05, 0) is 47.9 Å².